The molecule has 1 aliphatic rings. The molecule has 1 aliphatic heterocycles. The summed E-state index contributed by atoms with van der Waals surface area (Å²) in [4.78, 5) is 5.58. The van der Waals surface area contributed by atoms with Gasteiger partial charge >= 0.3 is 0 Å². The zero-order valence-electron chi connectivity index (χ0n) is 12.5. The molecule has 2 aromatic carbocycles. The number of nitrogens with one attached hydrogen (secondary N) is 1. The van der Waals surface area contributed by atoms with Gasteiger partial charge in [-0.2, -0.15) is 0 Å². The lowest BCUT2D eigenvalue weighted by Gasteiger charge is -2.22. The van der Waals surface area contributed by atoms with E-state index < -0.39 is 5.66 Å². The molecule has 0 aromatic heterocycles. The van der Waals surface area contributed by atoms with E-state index in [-0.39, 0.29) is 0 Å². The molecule has 0 bridgehead atoms. The summed E-state index contributed by atoms with van der Waals surface area (Å²) in [6.07, 6.45) is 0. The molecule has 21 heavy (non-hydrogen) atoms. The van der Waals surface area contributed by atoms with Gasteiger partial charge in [0, 0.05) is 5.56 Å². The first-order chi connectivity index (χ1) is 9.98. The number of aliphatic imine (C=N–C) groups is 1. The zero-order chi connectivity index (χ0) is 15.0. The molecule has 3 heteroatoms. The highest BCUT2D eigenvalue weighted by molar-refractivity contribution is 7.82. The van der Waals surface area contributed by atoms with Crippen molar-refractivity contribution in [2.75, 3.05) is 0 Å². The summed E-state index contributed by atoms with van der Waals surface area (Å²) in [5.74, 6) is 0. The third kappa shape index (κ3) is 2.61. The van der Waals surface area contributed by atoms with Crippen LogP contribution in [0, 0.1) is 13.8 Å². The Kier molecular flexibility index (Phi) is 3.38. The summed E-state index contributed by atoms with van der Waals surface area (Å²) in [5.41, 5.74) is 5.05. The van der Waals surface area contributed by atoms with Crippen LogP contribution in [0.4, 0.5) is 0 Å². The van der Waals surface area contributed by atoms with E-state index in [1.165, 1.54) is 11.1 Å². The van der Waals surface area contributed by atoms with Gasteiger partial charge in [-0.25, -0.2) is 4.99 Å². The van der Waals surface area contributed by atoms with E-state index in [2.05, 4.69) is 74.6 Å². The van der Waals surface area contributed by atoms with Crippen LogP contribution in [0.5, 0.6) is 0 Å². The molecule has 0 spiro atoms. The summed E-state index contributed by atoms with van der Waals surface area (Å²) >= 11 is 5.49. The average molecular weight is 294 g/mol. The van der Waals surface area contributed by atoms with Gasteiger partial charge in [-0.05, 0) is 26.3 Å². The first-order valence-corrected chi connectivity index (χ1v) is 7.45. The zero-order valence-corrected chi connectivity index (χ0v) is 13.3. The van der Waals surface area contributed by atoms with E-state index in [0.29, 0.717) is 4.99 Å². The third-order valence-electron chi connectivity index (χ3n) is 3.85. The van der Waals surface area contributed by atoms with Gasteiger partial charge in [0.15, 0.2) is 5.66 Å². The molecule has 2 aromatic rings. The lowest BCUT2D eigenvalue weighted by atomic mass is 10.0. The Bertz CT molecular complexity index is 714. The average Bonchev–Trinajstić information content (AvgIpc) is 2.77. The Labute approximate surface area is 130 Å². The lowest BCUT2D eigenvalue weighted by molar-refractivity contribution is 0.480. The molecule has 1 atom stereocenters. The quantitative estimate of drug-likeness (QED) is 0.850. The molecule has 3 rings (SSSR count). The second kappa shape index (κ2) is 5.08. The van der Waals surface area contributed by atoms with Gasteiger partial charge in [0.2, 0.25) is 0 Å². The lowest BCUT2D eigenvalue weighted by Crippen LogP contribution is -2.36. The van der Waals surface area contributed by atoms with Crippen LogP contribution in [0.15, 0.2) is 53.5 Å². The molecule has 0 fully saturated rings. The van der Waals surface area contributed by atoms with Crippen LogP contribution in [0.1, 0.15) is 29.2 Å². The second-order valence-corrected chi connectivity index (χ2v) is 6.13. The highest BCUT2D eigenvalue weighted by Crippen LogP contribution is 2.28. The Morgan fingerprint density at radius 3 is 2.00 bits per heavy atom. The molecule has 1 N–H and O–H groups in total. The standard InChI is InChI=1S/C18H18N2S/c1-12-4-8-14(9-5-12)16-17(21)20-18(3,19-16)15-10-6-13(2)7-11-15/h4-11H,1-3H3,(H,20,21). The van der Waals surface area contributed by atoms with Crippen LogP contribution in [0.3, 0.4) is 0 Å². The topological polar surface area (TPSA) is 24.4 Å². The molecule has 0 saturated heterocycles. The number of thiocarbonyl (C=S) groups is 1. The Morgan fingerprint density at radius 2 is 1.43 bits per heavy atom. The molecule has 106 valence electrons. The fourth-order valence-corrected chi connectivity index (χ4v) is 2.87. The first kappa shape index (κ1) is 14.0. The maximum absolute atomic E-state index is 5.49. The second-order valence-electron chi connectivity index (χ2n) is 5.72. The normalized spacial score (nSPS) is 21.1. The Hall–Kier alpha value is -2.00. The minimum atomic E-state index is -0.481. The van der Waals surface area contributed by atoms with Crippen molar-refractivity contribution < 1.29 is 0 Å². The number of hydrogen-bond donors (Lipinski definition) is 1. The van der Waals surface area contributed by atoms with E-state index >= 15 is 0 Å². The van der Waals surface area contributed by atoms with Gasteiger partial charge in [0.1, 0.15) is 10.7 Å². The van der Waals surface area contributed by atoms with Crippen LogP contribution < -0.4 is 5.32 Å². The minimum absolute atomic E-state index is 0.481. The highest BCUT2D eigenvalue weighted by atomic mass is 32.1. The van der Waals surface area contributed by atoms with Crippen molar-refractivity contribution in [3.63, 3.8) is 0 Å². The van der Waals surface area contributed by atoms with Crippen molar-refractivity contribution in [1.82, 2.24) is 5.32 Å². The highest BCUT2D eigenvalue weighted by Gasteiger charge is 2.34. The van der Waals surface area contributed by atoms with Crippen LogP contribution in [0.2, 0.25) is 0 Å². The van der Waals surface area contributed by atoms with Crippen LogP contribution in [-0.2, 0) is 5.66 Å². The molecular weight excluding hydrogens is 276 g/mol. The molecule has 0 saturated carbocycles. The van der Waals surface area contributed by atoms with E-state index in [4.69, 9.17) is 17.2 Å². The van der Waals surface area contributed by atoms with Gasteiger partial charge in [-0.1, -0.05) is 71.9 Å². The molecule has 0 amide bonds. The number of rotatable bonds is 2. The largest absolute Gasteiger partial charge is 0.347 e. The first-order valence-electron chi connectivity index (χ1n) is 7.04. The molecular formula is C18H18N2S. The van der Waals surface area contributed by atoms with E-state index in [9.17, 15) is 0 Å². The minimum Gasteiger partial charge on any atom is -0.347 e. The fraction of sp³-hybridized carbons (Fsp3) is 0.222. The van der Waals surface area contributed by atoms with Gasteiger partial charge in [-0.3, -0.25) is 0 Å². The maximum atomic E-state index is 5.49. The van der Waals surface area contributed by atoms with Crippen molar-refractivity contribution in [1.29, 1.82) is 0 Å². The van der Waals surface area contributed by atoms with Gasteiger partial charge in [0.05, 0.1) is 0 Å². The van der Waals surface area contributed by atoms with Crippen molar-refractivity contribution in [2.45, 2.75) is 26.4 Å². The molecule has 0 radical (unpaired) electrons. The van der Waals surface area contributed by atoms with E-state index in [0.717, 1.165) is 16.8 Å². The Balaban J connectivity index is 2.01. The SMILES string of the molecule is Cc1ccc(C2=NC(C)(c3ccc(C)cc3)NC2=S)cc1. The maximum Gasteiger partial charge on any atom is 0.154 e. The van der Waals surface area contributed by atoms with Gasteiger partial charge < -0.3 is 5.32 Å². The predicted molar refractivity (Wildman–Crippen MR) is 92.0 cm³/mol. The third-order valence-corrected chi connectivity index (χ3v) is 4.14. The van der Waals surface area contributed by atoms with Crippen LogP contribution in [-0.4, -0.2) is 10.7 Å². The predicted octanol–water partition coefficient (Wildman–Crippen LogP) is 3.90. The molecule has 0 aliphatic carbocycles. The monoisotopic (exact) mass is 294 g/mol. The number of benzene rings is 2. The fourth-order valence-electron chi connectivity index (χ4n) is 2.50. The number of nitrogens with zero attached hydrogens (tertiary/aromatic N) is 1. The van der Waals surface area contributed by atoms with Gasteiger partial charge in [-0.15, -0.1) is 0 Å². The van der Waals surface area contributed by atoms with Crippen molar-refractivity contribution in [3.05, 3.63) is 70.8 Å². The number of aryl methyl sites for hydroxylation is 2. The smallest absolute Gasteiger partial charge is 0.154 e. The Morgan fingerprint density at radius 1 is 0.905 bits per heavy atom. The van der Waals surface area contributed by atoms with Crippen molar-refractivity contribution in [2.24, 2.45) is 4.99 Å². The molecule has 1 unspecified atom stereocenters. The summed E-state index contributed by atoms with van der Waals surface area (Å²) in [6.45, 7) is 6.22. The van der Waals surface area contributed by atoms with E-state index in [1.54, 1.807) is 0 Å². The van der Waals surface area contributed by atoms with Crippen molar-refractivity contribution in [3.8, 4) is 0 Å². The summed E-state index contributed by atoms with van der Waals surface area (Å²) < 4.78 is 0. The van der Waals surface area contributed by atoms with E-state index in [1.807, 2.05) is 0 Å². The number of hydrogen-bond acceptors (Lipinski definition) is 2. The molecule has 1 heterocycles. The van der Waals surface area contributed by atoms with Crippen LogP contribution in [0.25, 0.3) is 0 Å². The molecule has 2 nitrogen and oxygen atoms in total. The summed E-state index contributed by atoms with van der Waals surface area (Å²) in [7, 11) is 0. The van der Waals surface area contributed by atoms with Crippen molar-refractivity contribution >= 4 is 22.9 Å². The summed E-state index contributed by atoms with van der Waals surface area (Å²) in [6, 6.07) is 16.7. The van der Waals surface area contributed by atoms with Crippen LogP contribution >= 0.6 is 12.2 Å². The summed E-state index contributed by atoms with van der Waals surface area (Å²) in [5, 5.41) is 3.36. The van der Waals surface area contributed by atoms with Gasteiger partial charge in [0.25, 0.3) is 0 Å².